The van der Waals surface area contributed by atoms with E-state index < -0.39 is 0 Å². The Labute approximate surface area is 164 Å². The highest BCUT2D eigenvalue weighted by Crippen LogP contribution is 2.40. The highest BCUT2D eigenvalue weighted by molar-refractivity contribution is 5.91. The van der Waals surface area contributed by atoms with Crippen LogP contribution in [0.15, 0.2) is 36.5 Å². The summed E-state index contributed by atoms with van der Waals surface area (Å²) in [5.41, 5.74) is 9.19. The monoisotopic (exact) mass is 381 g/mol. The normalized spacial score (nSPS) is 12.3. The van der Waals surface area contributed by atoms with Crippen LogP contribution in [-0.2, 0) is 13.0 Å². The Morgan fingerprint density at radius 2 is 1.71 bits per heavy atom. The number of aromatic nitrogens is 1. The molecule has 2 N–H and O–H groups in total. The minimum atomic E-state index is 0.442. The van der Waals surface area contributed by atoms with Crippen molar-refractivity contribution in [3.05, 3.63) is 42.1 Å². The summed E-state index contributed by atoms with van der Waals surface area (Å²) in [6, 6.07) is 10.3. The Morgan fingerprint density at radius 1 is 0.964 bits per heavy atom. The Bertz CT molecular complexity index is 1030. The molecule has 4 rings (SSSR count). The number of rotatable bonds is 6. The number of aryl methyl sites for hydroxylation is 2. The highest BCUT2D eigenvalue weighted by Gasteiger charge is 2.27. The van der Waals surface area contributed by atoms with E-state index in [1.807, 2.05) is 6.07 Å². The van der Waals surface area contributed by atoms with Gasteiger partial charge in [-0.25, -0.2) is 0 Å². The number of methoxy groups -OCH3 is 3. The molecule has 1 aliphatic heterocycles. The van der Waals surface area contributed by atoms with Gasteiger partial charge in [-0.15, -0.1) is 0 Å². The number of fused-ring (bicyclic) bond motifs is 4. The number of nitrogens with zero attached hydrogens (tertiary/aromatic N) is 1. The smallest absolute Gasteiger partial charge is 0.213 e. The number of benzene rings is 2. The van der Waals surface area contributed by atoms with Crippen molar-refractivity contribution in [1.82, 2.24) is 0 Å². The summed E-state index contributed by atoms with van der Waals surface area (Å²) < 4.78 is 24.7. The van der Waals surface area contributed by atoms with Gasteiger partial charge in [0.1, 0.15) is 6.61 Å². The average molecular weight is 381 g/mol. The van der Waals surface area contributed by atoms with Crippen LogP contribution in [0.3, 0.4) is 0 Å². The van der Waals surface area contributed by atoms with E-state index in [9.17, 15) is 0 Å². The third-order valence-electron chi connectivity index (χ3n) is 5.17. The SMILES string of the molecule is COc1cc2c(cc1OC)-c1cc3ccc(OC)c(OCCN)c3c[n+]1CC2. The van der Waals surface area contributed by atoms with Crippen molar-refractivity contribution in [3.63, 3.8) is 0 Å². The average Bonchev–Trinajstić information content (AvgIpc) is 2.74. The van der Waals surface area contributed by atoms with Crippen molar-refractivity contribution < 1.29 is 23.5 Å². The zero-order chi connectivity index (χ0) is 19.7. The lowest BCUT2D eigenvalue weighted by Gasteiger charge is -2.19. The van der Waals surface area contributed by atoms with E-state index >= 15 is 0 Å². The zero-order valence-corrected chi connectivity index (χ0v) is 16.5. The Hall–Kier alpha value is -2.99. The van der Waals surface area contributed by atoms with Crippen LogP contribution in [0, 0.1) is 0 Å². The van der Waals surface area contributed by atoms with Crippen LogP contribution in [0.25, 0.3) is 22.0 Å². The molecule has 28 heavy (non-hydrogen) atoms. The fourth-order valence-electron chi connectivity index (χ4n) is 3.80. The lowest BCUT2D eigenvalue weighted by atomic mass is 9.95. The summed E-state index contributed by atoms with van der Waals surface area (Å²) in [6.45, 7) is 1.77. The van der Waals surface area contributed by atoms with Crippen molar-refractivity contribution in [2.45, 2.75) is 13.0 Å². The first-order chi connectivity index (χ1) is 13.7. The summed E-state index contributed by atoms with van der Waals surface area (Å²) >= 11 is 0. The number of ether oxygens (including phenoxy) is 4. The Balaban J connectivity index is 1.90. The Morgan fingerprint density at radius 3 is 2.43 bits per heavy atom. The molecule has 0 unspecified atom stereocenters. The highest BCUT2D eigenvalue weighted by atomic mass is 16.5. The Kier molecular flexibility index (Phi) is 4.96. The second-order valence-electron chi connectivity index (χ2n) is 6.70. The molecule has 0 saturated heterocycles. The molecule has 0 amide bonds. The quantitative estimate of drug-likeness (QED) is 0.665. The zero-order valence-electron chi connectivity index (χ0n) is 16.5. The number of hydrogen-bond acceptors (Lipinski definition) is 5. The second-order valence-corrected chi connectivity index (χ2v) is 6.70. The molecule has 0 bridgehead atoms. The maximum Gasteiger partial charge on any atom is 0.213 e. The molecule has 0 atom stereocenters. The fourth-order valence-corrected chi connectivity index (χ4v) is 3.80. The minimum absolute atomic E-state index is 0.442. The van der Waals surface area contributed by atoms with Crippen LogP contribution in [0.1, 0.15) is 5.56 Å². The molecule has 0 radical (unpaired) electrons. The fraction of sp³-hybridized carbons (Fsp3) is 0.318. The van der Waals surface area contributed by atoms with E-state index in [1.54, 1.807) is 21.3 Å². The largest absolute Gasteiger partial charge is 0.493 e. The van der Waals surface area contributed by atoms with Crippen LogP contribution < -0.4 is 29.2 Å². The lowest BCUT2D eigenvalue weighted by Crippen LogP contribution is -2.40. The number of pyridine rings is 1. The topological polar surface area (TPSA) is 66.8 Å². The van der Waals surface area contributed by atoms with Gasteiger partial charge in [0.2, 0.25) is 5.69 Å². The van der Waals surface area contributed by atoms with Gasteiger partial charge in [0.05, 0.1) is 32.3 Å². The van der Waals surface area contributed by atoms with E-state index in [4.69, 9.17) is 24.7 Å². The predicted molar refractivity (Wildman–Crippen MR) is 107 cm³/mol. The van der Waals surface area contributed by atoms with Gasteiger partial charge in [-0.3, -0.25) is 0 Å². The van der Waals surface area contributed by atoms with E-state index in [2.05, 4.69) is 35.0 Å². The van der Waals surface area contributed by atoms with Gasteiger partial charge in [0.25, 0.3) is 0 Å². The van der Waals surface area contributed by atoms with E-state index in [0.29, 0.717) is 18.9 Å². The molecule has 0 aliphatic carbocycles. The minimum Gasteiger partial charge on any atom is -0.493 e. The molecular weight excluding hydrogens is 356 g/mol. The molecule has 2 heterocycles. The number of nitrogens with two attached hydrogens (primary N) is 1. The van der Waals surface area contributed by atoms with Crippen molar-refractivity contribution >= 4 is 10.8 Å². The first-order valence-electron chi connectivity index (χ1n) is 9.32. The summed E-state index contributed by atoms with van der Waals surface area (Å²) in [6.07, 6.45) is 3.06. The van der Waals surface area contributed by atoms with E-state index in [-0.39, 0.29) is 0 Å². The van der Waals surface area contributed by atoms with Crippen molar-refractivity contribution in [1.29, 1.82) is 0 Å². The molecule has 3 aromatic rings. The molecule has 6 heteroatoms. The molecule has 0 saturated carbocycles. The summed E-state index contributed by atoms with van der Waals surface area (Å²) in [4.78, 5) is 0. The first-order valence-corrected chi connectivity index (χ1v) is 9.32. The standard InChI is InChI=1S/C22H25N2O4/c1-25-19-5-4-14-10-18-16-12-21(27-3)20(26-2)11-15(16)6-8-24(18)13-17(14)22(19)28-9-7-23/h4-5,10-13H,6-9,23H2,1-3H3/q+1. The van der Waals surface area contributed by atoms with Crippen molar-refractivity contribution in [2.75, 3.05) is 34.5 Å². The third-order valence-corrected chi connectivity index (χ3v) is 5.17. The molecule has 1 aromatic heterocycles. The van der Waals surface area contributed by atoms with Crippen LogP contribution in [0.4, 0.5) is 0 Å². The molecule has 2 aromatic carbocycles. The third kappa shape index (κ3) is 2.99. The summed E-state index contributed by atoms with van der Waals surface area (Å²) in [5, 5.41) is 2.10. The van der Waals surface area contributed by atoms with Crippen LogP contribution >= 0.6 is 0 Å². The first kappa shape index (κ1) is 18.4. The van der Waals surface area contributed by atoms with Crippen LogP contribution in [0.5, 0.6) is 23.0 Å². The summed E-state index contributed by atoms with van der Waals surface area (Å²) in [7, 11) is 4.98. The van der Waals surface area contributed by atoms with Gasteiger partial charge >= 0.3 is 0 Å². The van der Waals surface area contributed by atoms with Crippen molar-refractivity contribution in [2.24, 2.45) is 5.73 Å². The molecule has 0 spiro atoms. The van der Waals surface area contributed by atoms with Crippen LogP contribution in [0.2, 0.25) is 0 Å². The van der Waals surface area contributed by atoms with Gasteiger partial charge in [0, 0.05) is 19.0 Å². The molecular formula is C22H25N2O4+. The number of hydrogen-bond donors (Lipinski definition) is 1. The lowest BCUT2D eigenvalue weighted by molar-refractivity contribution is -0.686. The molecule has 146 valence electrons. The van der Waals surface area contributed by atoms with Gasteiger partial charge in [-0.2, -0.15) is 4.57 Å². The summed E-state index contributed by atoms with van der Waals surface area (Å²) in [5.74, 6) is 2.94. The predicted octanol–water partition coefficient (Wildman–Crippen LogP) is 2.71. The molecule has 6 nitrogen and oxygen atoms in total. The van der Waals surface area contributed by atoms with E-state index in [0.717, 1.165) is 52.2 Å². The van der Waals surface area contributed by atoms with Gasteiger partial charge in [-0.05, 0) is 35.2 Å². The van der Waals surface area contributed by atoms with Gasteiger partial charge in [0.15, 0.2) is 35.7 Å². The van der Waals surface area contributed by atoms with Crippen LogP contribution in [-0.4, -0.2) is 34.5 Å². The van der Waals surface area contributed by atoms with Crippen molar-refractivity contribution in [3.8, 4) is 34.3 Å². The molecule has 1 aliphatic rings. The second kappa shape index (κ2) is 7.56. The van der Waals surface area contributed by atoms with E-state index in [1.165, 1.54) is 5.56 Å². The maximum atomic E-state index is 5.92. The van der Waals surface area contributed by atoms with Gasteiger partial charge in [-0.1, -0.05) is 0 Å². The van der Waals surface area contributed by atoms with Gasteiger partial charge < -0.3 is 24.7 Å². The maximum absolute atomic E-state index is 5.92. The molecule has 0 fully saturated rings.